The Hall–Kier alpha value is -1.62. The first kappa shape index (κ1) is 11.9. The van der Waals surface area contributed by atoms with E-state index in [0.717, 1.165) is 6.42 Å². The Morgan fingerprint density at radius 1 is 1.47 bits per heavy atom. The van der Waals surface area contributed by atoms with Crippen LogP contribution in [0.4, 0.5) is 14.9 Å². The largest absolute Gasteiger partial charge is 0.388 e. The Kier molecular flexibility index (Phi) is 3.28. The molecular formula is C12H15FN2O2. The zero-order chi connectivity index (χ0) is 12.3. The van der Waals surface area contributed by atoms with E-state index in [-0.39, 0.29) is 6.54 Å². The molecule has 5 heteroatoms. The van der Waals surface area contributed by atoms with Gasteiger partial charge in [0.05, 0.1) is 5.60 Å². The number of carbonyl (C=O) groups is 1. The number of rotatable bonds is 3. The summed E-state index contributed by atoms with van der Waals surface area (Å²) >= 11 is 0. The maximum absolute atomic E-state index is 12.8. The third-order valence-corrected chi connectivity index (χ3v) is 2.94. The van der Waals surface area contributed by atoms with Gasteiger partial charge in [0.2, 0.25) is 0 Å². The Balaban J connectivity index is 1.81. The number of nitrogens with one attached hydrogen (secondary N) is 2. The Labute approximate surface area is 98.8 Å². The molecule has 4 nitrogen and oxygen atoms in total. The predicted octanol–water partition coefficient (Wildman–Crippen LogP) is 1.86. The molecule has 92 valence electrons. The molecule has 1 aliphatic rings. The van der Waals surface area contributed by atoms with E-state index in [2.05, 4.69) is 10.6 Å². The molecule has 17 heavy (non-hydrogen) atoms. The van der Waals surface area contributed by atoms with Crippen molar-refractivity contribution in [2.24, 2.45) is 0 Å². The van der Waals surface area contributed by atoms with Gasteiger partial charge in [0.15, 0.2) is 0 Å². The summed E-state index contributed by atoms with van der Waals surface area (Å²) in [5.41, 5.74) is -0.359. The molecule has 1 saturated carbocycles. The van der Waals surface area contributed by atoms with E-state index in [9.17, 15) is 14.3 Å². The van der Waals surface area contributed by atoms with Gasteiger partial charge >= 0.3 is 6.03 Å². The average Bonchev–Trinajstić information content (AvgIpc) is 2.24. The van der Waals surface area contributed by atoms with Crippen molar-refractivity contribution in [3.8, 4) is 0 Å². The van der Waals surface area contributed by atoms with Crippen molar-refractivity contribution >= 4 is 11.7 Å². The van der Waals surface area contributed by atoms with Gasteiger partial charge in [0.25, 0.3) is 0 Å². The van der Waals surface area contributed by atoms with E-state index in [4.69, 9.17) is 0 Å². The fourth-order valence-electron chi connectivity index (χ4n) is 1.75. The quantitative estimate of drug-likeness (QED) is 0.752. The molecule has 1 aromatic carbocycles. The number of anilines is 1. The lowest BCUT2D eigenvalue weighted by atomic mass is 9.80. The lowest BCUT2D eigenvalue weighted by molar-refractivity contribution is -0.0287. The summed E-state index contributed by atoms with van der Waals surface area (Å²) in [5.74, 6) is -0.402. The second-order valence-electron chi connectivity index (χ2n) is 4.40. The lowest BCUT2D eigenvalue weighted by Gasteiger charge is -2.36. The third-order valence-electron chi connectivity index (χ3n) is 2.94. The number of hydrogen-bond acceptors (Lipinski definition) is 2. The van der Waals surface area contributed by atoms with Crippen LogP contribution >= 0.6 is 0 Å². The molecule has 0 atom stereocenters. The maximum Gasteiger partial charge on any atom is 0.319 e. The minimum Gasteiger partial charge on any atom is -0.388 e. The number of aliphatic hydroxyl groups is 1. The summed E-state index contributed by atoms with van der Waals surface area (Å²) in [6.45, 7) is 0.230. The van der Waals surface area contributed by atoms with Crippen LogP contribution in [0.25, 0.3) is 0 Å². The van der Waals surface area contributed by atoms with Crippen LogP contribution in [0.5, 0.6) is 0 Å². The van der Waals surface area contributed by atoms with Crippen LogP contribution in [-0.4, -0.2) is 23.3 Å². The van der Waals surface area contributed by atoms with Gasteiger partial charge < -0.3 is 15.7 Å². The van der Waals surface area contributed by atoms with E-state index in [1.165, 1.54) is 18.2 Å². The third kappa shape index (κ3) is 3.17. The zero-order valence-electron chi connectivity index (χ0n) is 9.37. The average molecular weight is 238 g/mol. The number of halogens is 1. The second kappa shape index (κ2) is 4.71. The first-order valence-corrected chi connectivity index (χ1v) is 5.60. The van der Waals surface area contributed by atoms with Crippen molar-refractivity contribution in [2.75, 3.05) is 11.9 Å². The SMILES string of the molecule is O=C(NCC1(O)CCC1)Nc1cccc(F)c1. The minimum atomic E-state index is -0.751. The van der Waals surface area contributed by atoms with Crippen LogP contribution in [0.2, 0.25) is 0 Å². The molecule has 2 amide bonds. The smallest absolute Gasteiger partial charge is 0.319 e. The first-order chi connectivity index (χ1) is 8.07. The highest BCUT2D eigenvalue weighted by Gasteiger charge is 2.34. The number of urea groups is 1. The molecule has 2 rings (SSSR count). The zero-order valence-corrected chi connectivity index (χ0v) is 9.37. The number of benzene rings is 1. The van der Waals surface area contributed by atoms with Crippen molar-refractivity contribution < 1.29 is 14.3 Å². The molecule has 1 aliphatic carbocycles. The molecule has 3 N–H and O–H groups in total. The van der Waals surface area contributed by atoms with Crippen LogP contribution in [0, 0.1) is 5.82 Å². The standard InChI is InChI=1S/C12H15FN2O2/c13-9-3-1-4-10(7-9)15-11(16)14-8-12(17)5-2-6-12/h1,3-4,7,17H,2,5-6,8H2,(H2,14,15,16). The Morgan fingerprint density at radius 2 is 2.24 bits per heavy atom. The molecule has 0 saturated heterocycles. The van der Waals surface area contributed by atoms with Crippen LogP contribution in [0.1, 0.15) is 19.3 Å². The summed E-state index contributed by atoms with van der Waals surface area (Å²) in [5, 5.41) is 14.8. The minimum absolute atomic E-state index is 0.230. The van der Waals surface area contributed by atoms with Gasteiger partial charge in [-0.3, -0.25) is 0 Å². The lowest BCUT2D eigenvalue weighted by Crippen LogP contribution is -2.48. The van der Waals surface area contributed by atoms with Crippen molar-refractivity contribution in [1.82, 2.24) is 5.32 Å². The van der Waals surface area contributed by atoms with Crippen LogP contribution < -0.4 is 10.6 Å². The van der Waals surface area contributed by atoms with Crippen LogP contribution in [0.15, 0.2) is 24.3 Å². The molecule has 0 aliphatic heterocycles. The Morgan fingerprint density at radius 3 is 2.82 bits per heavy atom. The van der Waals surface area contributed by atoms with Gasteiger partial charge in [-0.15, -0.1) is 0 Å². The molecule has 0 heterocycles. The van der Waals surface area contributed by atoms with E-state index >= 15 is 0 Å². The molecule has 0 spiro atoms. The number of amides is 2. The van der Waals surface area contributed by atoms with Crippen molar-refractivity contribution in [3.05, 3.63) is 30.1 Å². The molecule has 1 aromatic rings. The molecule has 1 fully saturated rings. The second-order valence-corrected chi connectivity index (χ2v) is 4.40. The van der Waals surface area contributed by atoms with Gasteiger partial charge in [-0.25, -0.2) is 9.18 Å². The summed E-state index contributed by atoms with van der Waals surface area (Å²) in [6.07, 6.45) is 2.42. The van der Waals surface area contributed by atoms with Gasteiger partial charge in [0.1, 0.15) is 5.82 Å². The van der Waals surface area contributed by atoms with E-state index < -0.39 is 17.4 Å². The van der Waals surface area contributed by atoms with Crippen molar-refractivity contribution in [1.29, 1.82) is 0 Å². The number of carbonyl (C=O) groups excluding carboxylic acids is 1. The monoisotopic (exact) mass is 238 g/mol. The summed E-state index contributed by atoms with van der Waals surface area (Å²) in [7, 11) is 0. The first-order valence-electron chi connectivity index (χ1n) is 5.60. The predicted molar refractivity (Wildman–Crippen MR) is 62.2 cm³/mol. The molecule has 0 unspecified atom stereocenters. The summed E-state index contributed by atoms with van der Waals surface area (Å²) < 4.78 is 12.8. The van der Waals surface area contributed by atoms with Gasteiger partial charge in [0, 0.05) is 12.2 Å². The van der Waals surface area contributed by atoms with E-state index in [1.54, 1.807) is 6.07 Å². The van der Waals surface area contributed by atoms with Gasteiger partial charge in [-0.1, -0.05) is 6.07 Å². The highest BCUT2D eigenvalue weighted by molar-refractivity contribution is 5.89. The highest BCUT2D eigenvalue weighted by atomic mass is 19.1. The molecular weight excluding hydrogens is 223 g/mol. The molecule has 0 radical (unpaired) electrons. The van der Waals surface area contributed by atoms with E-state index in [1.807, 2.05) is 0 Å². The van der Waals surface area contributed by atoms with Crippen LogP contribution in [-0.2, 0) is 0 Å². The summed E-state index contributed by atoms with van der Waals surface area (Å²) in [4.78, 5) is 11.5. The van der Waals surface area contributed by atoms with Crippen LogP contribution in [0.3, 0.4) is 0 Å². The van der Waals surface area contributed by atoms with E-state index in [0.29, 0.717) is 18.5 Å². The van der Waals surface area contributed by atoms with Gasteiger partial charge in [-0.05, 0) is 37.5 Å². The fraction of sp³-hybridized carbons (Fsp3) is 0.417. The topological polar surface area (TPSA) is 61.4 Å². The normalized spacial score (nSPS) is 17.1. The van der Waals surface area contributed by atoms with Gasteiger partial charge in [-0.2, -0.15) is 0 Å². The fourth-order valence-corrected chi connectivity index (χ4v) is 1.75. The molecule has 0 bridgehead atoms. The maximum atomic E-state index is 12.8. The number of hydrogen-bond donors (Lipinski definition) is 3. The molecule has 0 aromatic heterocycles. The Bertz CT molecular complexity index is 419. The van der Waals surface area contributed by atoms with Crippen molar-refractivity contribution in [3.63, 3.8) is 0 Å². The van der Waals surface area contributed by atoms with Crippen molar-refractivity contribution in [2.45, 2.75) is 24.9 Å². The summed E-state index contributed by atoms with van der Waals surface area (Å²) in [6, 6.07) is 5.22. The highest BCUT2D eigenvalue weighted by Crippen LogP contribution is 2.30.